The Hall–Kier alpha value is -8.66. The summed E-state index contributed by atoms with van der Waals surface area (Å²) in [5.41, 5.74) is 11.2. The lowest BCUT2D eigenvalue weighted by Gasteiger charge is -2.27. The molecule has 1 aromatic heterocycles. The molecule has 0 amide bonds. The Kier molecular flexibility index (Phi) is 8.47. The lowest BCUT2D eigenvalue weighted by atomic mass is 9.99. The van der Waals surface area contributed by atoms with Crippen LogP contribution in [0.1, 0.15) is 5.48 Å². The highest BCUT2D eigenvalue weighted by molar-refractivity contribution is 6.10. The van der Waals surface area contributed by atoms with Gasteiger partial charge in [0.25, 0.3) is 0 Å². The fraction of sp³-hybridized carbons (Fsp3) is 0. The van der Waals surface area contributed by atoms with Gasteiger partial charge >= 0.3 is 0 Å². The van der Waals surface area contributed by atoms with Gasteiger partial charge in [-0.25, -0.2) is 0 Å². The number of para-hydroxylation sites is 3. The summed E-state index contributed by atoms with van der Waals surface area (Å²) in [5.74, 6) is 0. The topological polar surface area (TPSA) is 11.4 Å². The van der Waals surface area contributed by atoms with Crippen LogP contribution in [0.5, 0.6) is 0 Å². The van der Waals surface area contributed by atoms with Crippen LogP contribution >= 0.6 is 0 Å². The molecule has 0 saturated heterocycles. The van der Waals surface area contributed by atoms with Crippen molar-refractivity contribution in [2.75, 3.05) is 9.80 Å². The molecule has 11 aromatic carbocycles. The smallest absolute Gasteiger partial charge is 0.0645 e. The summed E-state index contributed by atoms with van der Waals surface area (Å²) in [6, 6.07) is 80.4. The SMILES string of the molecule is [2H]c1c([2H])c(N(c2ccccc2)c2cccc3ccccc23)c([2H])c([2H])c1-c1ccc2cc(N(c3ccc(-c4ccccc4)cc3)c3ccc4c5ccccc5n(-c5ccccc5)c4c3)ccc2c1. The van der Waals surface area contributed by atoms with Crippen LogP contribution in [0, 0.1) is 0 Å². The van der Waals surface area contributed by atoms with Crippen LogP contribution in [0.4, 0.5) is 34.1 Å². The quantitative estimate of drug-likeness (QED) is 0.144. The summed E-state index contributed by atoms with van der Waals surface area (Å²) in [7, 11) is 0. The number of hydrogen-bond acceptors (Lipinski definition) is 2. The minimum absolute atomic E-state index is 0.100. The third-order valence-electron chi connectivity index (χ3n) is 12.4. The van der Waals surface area contributed by atoms with Gasteiger partial charge in [0.05, 0.1) is 22.2 Å². The van der Waals surface area contributed by atoms with Crippen molar-refractivity contribution in [3.8, 4) is 27.9 Å². The molecule has 0 aliphatic carbocycles. The fourth-order valence-electron chi connectivity index (χ4n) is 9.29. The average Bonchev–Trinajstić information content (AvgIpc) is 3.74. The zero-order chi connectivity index (χ0) is 46.6. The highest BCUT2D eigenvalue weighted by Gasteiger charge is 2.19. The summed E-state index contributed by atoms with van der Waals surface area (Å²) >= 11 is 0. The molecular formula is C62H43N3. The van der Waals surface area contributed by atoms with E-state index in [1.54, 1.807) is 0 Å². The first-order valence-corrected chi connectivity index (χ1v) is 21.9. The number of benzene rings is 11. The first-order chi connectivity index (χ1) is 33.9. The average molecular weight is 834 g/mol. The van der Waals surface area contributed by atoms with Gasteiger partial charge in [-0.2, -0.15) is 0 Å². The number of fused-ring (bicyclic) bond motifs is 5. The number of hydrogen-bond donors (Lipinski definition) is 0. The Bertz CT molecular complexity index is 3860. The van der Waals surface area contributed by atoms with Crippen molar-refractivity contribution in [1.82, 2.24) is 4.57 Å². The molecule has 0 atom stereocenters. The molecule has 1 heterocycles. The van der Waals surface area contributed by atoms with Gasteiger partial charge in [-0.05, 0) is 129 Å². The second-order valence-corrected chi connectivity index (χ2v) is 16.3. The van der Waals surface area contributed by atoms with E-state index >= 15 is 0 Å². The Labute approximate surface area is 384 Å². The van der Waals surface area contributed by atoms with Crippen LogP contribution in [-0.2, 0) is 0 Å². The summed E-state index contributed by atoms with van der Waals surface area (Å²) < 4.78 is 40.4. The van der Waals surface area contributed by atoms with Crippen molar-refractivity contribution in [3.63, 3.8) is 0 Å². The summed E-state index contributed by atoms with van der Waals surface area (Å²) in [6.45, 7) is 0. The van der Waals surface area contributed by atoms with Crippen molar-refractivity contribution in [1.29, 1.82) is 0 Å². The molecule has 0 aliphatic heterocycles. The summed E-state index contributed by atoms with van der Waals surface area (Å²) in [4.78, 5) is 4.15. The highest BCUT2D eigenvalue weighted by atomic mass is 15.1. The van der Waals surface area contributed by atoms with Gasteiger partial charge in [-0.1, -0.05) is 170 Å². The Balaban J connectivity index is 0.979. The van der Waals surface area contributed by atoms with Gasteiger partial charge in [0, 0.05) is 50.3 Å². The number of anilines is 6. The molecule has 12 rings (SSSR count). The molecule has 0 radical (unpaired) electrons. The minimum Gasteiger partial charge on any atom is -0.310 e. The molecular weight excluding hydrogens is 787 g/mol. The van der Waals surface area contributed by atoms with E-state index in [2.05, 4.69) is 143 Å². The van der Waals surface area contributed by atoms with E-state index < -0.39 is 0 Å². The summed E-state index contributed by atoms with van der Waals surface area (Å²) in [5, 5.41) is 6.21. The van der Waals surface area contributed by atoms with Gasteiger partial charge < -0.3 is 14.4 Å². The number of nitrogens with zero attached hydrogens (tertiary/aromatic N) is 3. The van der Waals surface area contributed by atoms with Crippen LogP contribution in [0.15, 0.2) is 261 Å². The Morgan fingerprint density at radius 1 is 0.292 bits per heavy atom. The fourth-order valence-corrected chi connectivity index (χ4v) is 9.29. The van der Waals surface area contributed by atoms with Crippen LogP contribution in [-0.4, -0.2) is 4.57 Å². The first kappa shape index (κ1) is 33.9. The zero-order valence-electron chi connectivity index (χ0n) is 39.4. The molecule has 0 saturated carbocycles. The zero-order valence-corrected chi connectivity index (χ0v) is 35.4. The third-order valence-corrected chi connectivity index (χ3v) is 12.4. The van der Waals surface area contributed by atoms with Crippen LogP contribution in [0.25, 0.3) is 71.3 Å². The minimum atomic E-state index is -0.115. The standard InChI is InChI=1S/C62H43N3/c1-4-15-44(16-5-1)45-29-34-53(35-30-45)63(56-39-40-59-58-24-12-13-25-61(58)65(62(59)43-56)52-21-8-3-9-22-52)55-38-33-49-41-48(27-28-50(49)42-55)46-31-36-54(37-32-46)64(51-19-6-2-7-20-51)60-26-14-18-47-17-10-11-23-57(47)60/h1-43H/i31D,32D,36D,37D. The van der Waals surface area contributed by atoms with E-state index in [1.807, 2.05) is 108 Å². The monoisotopic (exact) mass is 833 g/mol. The molecule has 0 unspecified atom stereocenters. The number of rotatable bonds is 9. The second-order valence-electron chi connectivity index (χ2n) is 16.3. The molecule has 12 aromatic rings. The van der Waals surface area contributed by atoms with Gasteiger partial charge in [-0.15, -0.1) is 0 Å². The van der Waals surface area contributed by atoms with Crippen molar-refractivity contribution >= 4 is 77.5 Å². The normalized spacial score (nSPS) is 12.2. The van der Waals surface area contributed by atoms with E-state index in [4.69, 9.17) is 0 Å². The maximum absolute atomic E-state index is 9.53. The van der Waals surface area contributed by atoms with Gasteiger partial charge in [0.1, 0.15) is 0 Å². The highest BCUT2D eigenvalue weighted by Crippen LogP contribution is 2.43. The van der Waals surface area contributed by atoms with Gasteiger partial charge in [0.15, 0.2) is 0 Å². The third kappa shape index (κ3) is 6.97. The molecule has 0 fully saturated rings. The molecule has 306 valence electrons. The van der Waals surface area contributed by atoms with Crippen molar-refractivity contribution in [2.45, 2.75) is 0 Å². The van der Waals surface area contributed by atoms with Crippen LogP contribution < -0.4 is 9.80 Å². The van der Waals surface area contributed by atoms with Gasteiger partial charge in [0.2, 0.25) is 0 Å². The van der Waals surface area contributed by atoms with E-state index in [1.165, 1.54) is 10.8 Å². The molecule has 3 heteroatoms. The molecule has 3 nitrogen and oxygen atoms in total. The van der Waals surface area contributed by atoms with Gasteiger partial charge in [-0.3, -0.25) is 0 Å². The Morgan fingerprint density at radius 2 is 0.846 bits per heavy atom. The maximum Gasteiger partial charge on any atom is 0.0645 e. The lowest BCUT2D eigenvalue weighted by molar-refractivity contribution is 1.18. The van der Waals surface area contributed by atoms with Crippen molar-refractivity contribution in [3.05, 3.63) is 261 Å². The maximum atomic E-state index is 9.53. The number of aromatic nitrogens is 1. The predicted molar refractivity (Wildman–Crippen MR) is 276 cm³/mol. The molecule has 0 bridgehead atoms. The molecule has 0 N–H and O–H groups in total. The molecule has 0 aliphatic rings. The van der Waals surface area contributed by atoms with E-state index in [0.29, 0.717) is 5.56 Å². The second kappa shape index (κ2) is 16.2. The molecule has 65 heavy (non-hydrogen) atoms. The largest absolute Gasteiger partial charge is 0.310 e. The van der Waals surface area contributed by atoms with Crippen LogP contribution in [0.3, 0.4) is 0 Å². The predicted octanol–water partition coefficient (Wildman–Crippen LogP) is 17.4. The van der Waals surface area contributed by atoms with Crippen molar-refractivity contribution in [2.24, 2.45) is 0 Å². The first-order valence-electron chi connectivity index (χ1n) is 23.9. The summed E-state index contributed by atoms with van der Waals surface area (Å²) in [6.07, 6.45) is 0. The molecule has 0 spiro atoms. The lowest BCUT2D eigenvalue weighted by Crippen LogP contribution is -2.10. The Morgan fingerprint density at radius 3 is 1.65 bits per heavy atom. The van der Waals surface area contributed by atoms with E-state index in [0.717, 1.165) is 77.8 Å². The van der Waals surface area contributed by atoms with E-state index in [9.17, 15) is 5.48 Å². The van der Waals surface area contributed by atoms with Crippen LogP contribution in [0.2, 0.25) is 0 Å². The van der Waals surface area contributed by atoms with E-state index in [-0.39, 0.29) is 35.4 Å². The van der Waals surface area contributed by atoms with Crippen molar-refractivity contribution < 1.29 is 5.48 Å².